The molecule has 0 aliphatic carbocycles. The van der Waals surface area contributed by atoms with Gasteiger partial charge in [0.25, 0.3) is 0 Å². The molecule has 2 heterocycles. The first-order valence-electron chi connectivity index (χ1n) is 6.26. The molecule has 1 fully saturated rings. The molecule has 0 spiro atoms. The highest BCUT2D eigenvalue weighted by molar-refractivity contribution is 5.78. The lowest BCUT2D eigenvalue weighted by molar-refractivity contribution is 0.331. The molecular formula is C14H17N3. The summed E-state index contributed by atoms with van der Waals surface area (Å²) in [5.74, 6) is 0.838. The van der Waals surface area contributed by atoms with E-state index in [9.17, 15) is 0 Å². The number of aryl methyl sites for hydroxylation is 1. The Balaban J connectivity index is 1.88. The van der Waals surface area contributed by atoms with Crippen molar-refractivity contribution >= 4 is 10.9 Å². The zero-order valence-corrected chi connectivity index (χ0v) is 10.2. The summed E-state index contributed by atoms with van der Waals surface area (Å²) in [6.07, 6.45) is 4.61. The number of rotatable bonds is 2. The third-order valence-electron chi connectivity index (χ3n) is 3.37. The molecule has 3 heteroatoms. The van der Waals surface area contributed by atoms with Crippen LogP contribution in [-0.2, 0) is 6.54 Å². The van der Waals surface area contributed by atoms with E-state index in [1.807, 2.05) is 13.1 Å². The van der Waals surface area contributed by atoms with Crippen molar-refractivity contribution in [3.63, 3.8) is 0 Å². The van der Waals surface area contributed by atoms with Crippen LogP contribution in [0.25, 0.3) is 10.9 Å². The van der Waals surface area contributed by atoms with Crippen LogP contribution in [0.5, 0.6) is 0 Å². The van der Waals surface area contributed by atoms with Gasteiger partial charge < -0.3 is 0 Å². The van der Waals surface area contributed by atoms with Crippen molar-refractivity contribution in [1.82, 2.24) is 14.9 Å². The monoisotopic (exact) mass is 227 g/mol. The van der Waals surface area contributed by atoms with Gasteiger partial charge in [0.05, 0.1) is 5.52 Å². The standard InChI is InChI=1S/C14H17N3/c1-11-15-9-13-8-12(4-5-14(13)16-11)10-17-6-2-3-7-17/h4-5,8-9H,2-3,6-7,10H2,1H3. The molecule has 0 bridgehead atoms. The first-order chi connectivity index (χ1) is 8.31. The van der Waals surface area contributed by atoms with Crippen molar-refractivity contribution in [1.29, 1.82) is 0 Å². The normalized spacial score (nSPS) is 16.8. The molecule has 1 aromatic carbocycles. The fourth-order valence-electron chi connectivity index (χ4n) is 2.47. The quantitative estimate of drug-likeness (QED) is 0.789. The average Bonchev–Trinajstić information content (AvgIpc) is 2.82. The van der Waals surface area contributed by atoms with Crippen LogP contribution in [0.2, 0.25) is 0 Å². The molecule has 1 aliphatic heterocycles. The maximum absolute atomic E-state index is 4.42. The molecule has 2 aromatic rings. The lowest BCUT2D eigenvalue weighted by Gasteiger charge is -2.14. The summed E-state index contributed by atoms with van der Waals surface area (Å²) < 4.78 is 0. The zero-order valence-electron chi connectivity index (χ0n) is 10.2. The number of fused-ring (bicyclic) bond motifs is 1. The molecule has 1 saturated heterocycles. The summed E-state index contributed by atoms with van der Waals surface area (Å²) in [7, 11) is 0. The van der Waals surface area contributed by atoms with Crippen LogP contribution in [0.15, 0.2) is 24.4 Å². The van der Waals surface area contributed by atoms with E-state index < -0.39 is 0 Å². The summed E-state index contributed by atoms with van der Waals surface area (Å²) in [6, 6.07) is 6.51. The smallest absolute Gasteiger partial charge is 0.125 e. The Morgan fingerprint density at radius 3 is 2.88 bits per heavy atom. The maximum Gasteiger partial charge on any atom is 0.125 e. The first-order valence-corrected chi connectivity index (χ1v) is 6.26. The maximum atomic E-state index is 4.42. The van der Waals surface area contributed by atoms with Crippen LogP contribution in [0.4, 0.5) is 0 Å². The van der Waals surface area contributed by atoms with E-state index >= 15 is 0 Å². The molecule has 1 aliphatic rings. The van der Waals surface area contributed by atoms with Gasteiger partial charge in [-0.3, -0.25) is 4.90 Å². The molecule has 1 aromatic heterocycles. The second-order valence-electron chi connectivity index (χ2n) is 4.79. The number of hydrogen-bond donors (Lipinski definition) is 0. The Kier molecular flexibility index (Phi) is 2.77. The third-order valence-corrected chi connectivity index (χ3v) is 3.37. The Labute approximate surface area is 101 Å². The first kappa shape index (κ1) is 10.7. The minimum Gasteiger partial charge on any atom is -0.299 e. The molecule has 0 N–H and O–H groups in total. The van der Waals surface area contributed by atoms with Gasteiger partial charge in [-0.15, -0.1) is 0 Å². The average molecular weight is 227 g/mol. The number of nitrogens with zero attached hydrogens (tertiary/aromatic N) is 3. The number of benzene rings is 1. The Hall–Kier alpha value is -1.48. The molecular weight excluding hydrogens is 210 g/mol. The van der Waals surface area contributed by atoms with Crippen molar-refractivity contribution < 1.29 is 0 Å². The second-order valence-corrected chi connectivity index (χ2v) is 4.79. The predicted molar refractivity (Wildman–Crippen MR) is 68.8 cm³/mol. The number of hydrogen-bond acceptors (Lipinski definition) is 3. The molecule has 0 saturated carbocycles. The van der Waals surface area contributed by atoms with E-state index in [2.05, 4.69) is 33.1 Å². The van der Waals surface area contributed by atoms with Crippen molar-refractivity contribution in [2.75, 3.05) is 13.1 Å². The van der Waals surface area contributed by atoms with Crippen molar-refractivity contribution in [2.24, 2.45) is 0 Å². The van der Waals surface area contributed by atoms with Crippen molar-refractivity contribution in [3.8, 4) is 0 Å². The lowest BCUT2D eigenvalue weighted by Crippen LogP contribution is -2.18. The topological polar surface area (TPSA) is 29.0 Å². The highest BCUT2D eigenvalue weighted by Crippen LogP contribution is 2.17. The number of aromatic nitrogens is 2. The van der Waals surface area contributed by atoms with Crippen LogP contribution in [0.3, 0.4) is 0 Å². The highest BCUT2D eigenvalue weighted by atomic mass is 15.1. The van der Waals surface area contributed by atoms with Gasteiger partial charge in [-0.1, -0.05) is 6.07 Å². The molecule has 88 valence electrons. The SMILES string of the molecule is Cc1ncc2cc(CN3CCCC3)ccc2n1. The van der Waals surface area contributed by atoms with E-state index in [-0.39, 0.29) is 0 Å². The van der Waals surface area contributed by atoms with Gasteiger partial charge in [0.15, 0.2) is 0 Å². The summed E-state index contributed by atoms with van der Waals surface area (Å²) >= 11 is 0. The van der Waals surface area contributed by atoms with Crippen molar-refractivity contribution in [3.05, 3.63) is 35.8 Å². The second kappa shape index (κ2) is 4.41. The zero-order chi connectivity index (χ0) is 11.7. The fourth-order valence-corrected chi connectivity index (χ4v) is 2.47. The van der Waals surface area contributed by atoms with Gasteiger partial charge in [0, 0.05) is 18.1 Å². The van der Waals surface area contributed by atoms with Gasteiger partial charge in [-0.05, 0) is 50.6 Å². The molecule has 3 nitrogen and oxygen atoms in total. The Morgan fingerprint density at radius 2 is 2.06 bits per heavy atom. The Bertz CT molecular complexity index is 530. The highest BCUT2D eigenvalue weighted by Gasteiger charge is 2.11. The molecule has 0 radical (unpaired) electrons. The van der Waals surface area contributed by atoms with Crippen LogP contribution < -0.4 is 0 Å². The summed E-state index contributed by atoms with van der Waals surface area (Å²) in [5, 5.41) is 1.15. The van der Waals surface area contributed by atoms with Crippen LogP contribution in [0.1, 0.15) is 24.2 Å². The van der Waals surface area contributed by atoms with Gasteiger partial charge in [-0.2, -0.15) is 0 Å². The van der Waals surface area contributed by atoms with Gasteiger partial charge in [0.2, 0.25) is 0 Å². The molecule has 0 amide bonds. The van der Waals surface area contributed by atoms with Crippen LogP contribution >= 0.6 is 0 Å². The van der Waals surface area contributed by atoms with Gasteiger partial charge in [-0.25, -0.2) is 9.97 Å². The molecule has 3 rings (SSSR count). The van der Waals surface area contributed by atoms with E-state index in [0.717, 1.165) is 23.3 Å². The lowest BCUT2D eigenvalue weighted by atomic mass is 10.1. The van der Waals surface area contributed by atoms with Crippen molar-refractivity contribution in [2.45, 2.75) is 26.3 Å². The van der Waals surface area contributed by atoms with Gasteiger partial charge in [0.1, 0.15) is 5.82 Å². The predicted octanol–water partition coefficient (Wildman–Crippen LogP) is 2.53. The largest absolute Gasteiger partial charge is 0.299 e. The van der Waals surface area contributed by atoms with E-state index in [1.54, 1.807) is 0 Å². The minimum absolute atomic E-state index is 0.838. The van der Waals surface area contributed by atoms with Gasteiger partial charge >= 0.3 is 0 Å². The Morgan fingerprint density at radius 1 is 1.24 bits per heavy atom. The van der Waals surface area contributed by atoms with E-state index in [1.165, 1.54) is 31.5 Å². The van der Waals surface area contributed by atoms with Crippen LogP contribution in [0, 0.1) is 6.92 Å². The van der Waals surface area contributed by atoms with E-state index in [4.69, 9.17) is 0 Å². The minimum atomic E-state index is 0.838. The van der Waals surface area contributed by atoms with E-state index in [0.29, 0.717) is 0 Å². The third kappa shape index (κ3) is 2.29. The summed E-state index contributed by atoms with van der Waals surface area (Å²) in [5.41, 5.74) is 2.41. The molecule has 0 atom stereocenters. The summed E-state index contributed by atoms with van der Waals surface area (Å²) in [4.78, 5) is 11.2. The number of likely N-dealkylation sites (tertiary alicyclic amines) is 1. The fraction of sp³-hybridized carbons (Fsp3) is 0.429. The van der Waals surface area contributed by atoms with Crippen LogP contribution in [-0.4, -0.2) is 28.0 Å². The summed E-state index contributed by atoms with van der Waals surface area (Å²) in [6.45, 7) is 5.46. The molecule has 17 heavy (non-hydrogen) atoms. The molecule has 0 unspecified atom stereocenters.